The third-order valence-electron chi connectivity index (χ3n) is 5.17. The van der Waals surface area contributed by atoms with Gasteiger partial charge in [0.2, 0.25) is 0 Å². The predicted octanol–water partition coefficient (Wildman–Crippen LogP) is 2.39. The number of carbonyl (C=O) groups is 1. The molecule has 8 nitrogen and oxygen atoms in total. The van der Waals surface area contributed by atoms with E-state index in [0.29, 0.717) is 31.1 Å². The first kappa shape index (κ1) is 20.0. The molecule has 0 saturated carbocycles. The molecule has 3 heterocycles. The van der Waals surface area contributed by atoms with Gasteiger partial charge in [-0.3, -0.25) is 9.59 Å². The summed E-state index contributed by atoms with van der Waals surface area (Å²) in [6.07, 6.45) is -2.97. The molecule has 11 heteroatoms. The minimum atomic E-state index is -4.50. The van der Waals surface area contributed by atoms with E-state index in [1.807, 2.05) is 0 Å². The van der Waals surface area contributed by atoms with Crippen LogP contribution in [0.4, 0.5) is 13.2 Å². The molecule has 1 fully saturated rings. The molecular weight excluding hydrogens is 401 g/mol. The molecule has 0 unspecified atom stereocenters. The first-order valence-electron chi connectivity index (χ1n) is 9.49. The molecule has 0 radical (unpaired) electrons. The van der Waals surface area contributed by atoms with E-state index in [0.717, 1.165) is 25.0 Å². The Hall–Kier alpha value is -3.24. The van der Waals surface area contributed by atoms with Crippen LogP contribution in [0.2, 0.25) is 0 Å². The van der Waals surface area contributed by atoms with E-state index in [9.17, 15) is 22.8 Å². The number of alkyl halides is 3. The number of piperidine rings is 1. The van der Waals surface area contributed by atoms with Gasteiger partial charge in [0, 0.05) is 25.2 Å². The average molecular weight is 420 g/mol. The number of hydrogen-bond donors (Lipinski definition) is 1. The van der Waals surface area contributed by atoms with Gasteiger partial charge in [0.15, 0.2) is 11.2 Å². The van der Waals surface area contributed by atoms with Gasteiger partial charge < -0.3 is 9.88 Å². The number of nitrogens with zero attached hydrogens (tertiary/aromatic N) is 5. The zero-order chi connectivity index (χ0) is 21.5. The topological polar surface area (TPSA) is 96.8 Å². The third kappa shape index (κ3) is 3.91. The Bertz CT molecular complexity index is 1150. The van der Waals surface area contributed by atoms with Gasteiger partial charge in [0.1, 0.15) is 5.82 Å². The molecule has 0 bridgehead atoms. The number of benzene rings is 1. The fraction of sp³-hybridized carbons (Fsp3) is 0.421. The van der Waals surface area contributed by atoms with E-state index in [-0.39, 0.29) is 22.6 Å². The number of aromatic amines is 1. The molecule has 1 atom stereocenters. The number of rotatable bonds is 3. The Labute approximate surface area is 168 Å². The van der Waals surface area contributed by atoms with E-state index in [4.69, 9.17) is 0 Å². The fourth-order valence-corrected chi connectivity index (χ4v) is 3.75. The number of likely N-dealkylation sites (tertiary alicyclic amines) is 1. The maximum Gasteiger partial charge on any atom is 0.416 e. The molecule has 0 aliphatic carbocycles. The fourth-order valence-electron chi connectivity index (χ4n) is 3.75. The van der Waals surface area contributed by atoms with Crippen LogP contribution in [0.25, 0.3) is 11.2 Å². The number of nitrogens with one attached hydrogen (secondary N) is 1. The second kappa shape index (κ2) is 7.54. The van der Waals surface area contributed by atoms with Gasteiger partial charge in [-0.15, -0.1) is 5.10 Å². The molecule has 1 amide bonds. The van der Waals surface area contributed by atoms with Crippen molar-refractivity contribution in [3.63, 3.8) is 0 Å². The summed E-state index contributed by atoms with van der Waals surface area (Å²) in [4.78, 5) is 33.2. The van der Waals surface area contributed by atoms with Crippen LogP contribution in [0.15, 0.2) is 29.1 Å². The molecule has 3 aromatic rings. The van der Waals surface area contributed by atoms with Crippen molar-refractivity contribution in [3.05, 3.63) is 51.6 Å². The smallest absolute Gasteiger partial charge is 0.338 e. The number of aryl methyl sites for hydroxylation is 1. The summed E-state index contributed by atoms with van der Waals surface area (Å²) in [6.45, 7) is 2.91. The van der Waals surface area contributed by atoms with Gasteiger partial charge in [-0.1, -0.05) is 11.3 Å². The SMILES string of the molecule is Cc1nc2c(nnn2C[C@H]2CCCN(C(=O)c3cccc(C(F)(F)F)c3)C2)c(=O)[nH]1. The molecule has 1 N–H and O–H groups in total. The lowest BCUT2D eigenvalue weighted by Gasteiger charge is -2.32. The minimum absolute atomic E-state index is 0.0137. The van der Waals surface area contributed by atoms with Crippen molar-refractivity contribution in [2.45, 2.75) is 32.5 Å². The van der Waals surface area contributed by atoms with Crippen molar-refractivity contribution in [3.8, 4) is 0 Å². The van der Waals surface area contributed by atoms with Crippen LogP contribution in [0.5, 0.6) is 0 Å². The first-order valence-corrected chi connectivity index (χ1v) is 9.49. The molecule has 1 aliphatic heterocycles. The van der Waals surface area contributed by atoms with Crippen molar-refractivity contribution >= 4 is 17.1 Å². The summed E-state index contributed by atoms with van der Waals surface area (Å²) in [5.74, 6) is 0.0282. The summed E-state index contributed by atoms with van der Waals surface area (Å²) in [5.41, 5.74) is -0.678. The summed E-state index contributed by atoms with van der Waals surface area (Å²) in [6, 6.07) is 4.47. The van der Waals surface area contributed by atoms with Crippen LogP contribution in [0.1, 0.15) is 34.6 Å². The monoisotopic (exact) mass is 420 g/mol. The number of hydrogen-bond acceptors (Lipinski definition) is 5. The lowest BCUT2D eigenvalue weighted by molar-refractivity contribution is -0.137. The number of fused-ring (bicyclic) bond motifs is 1. The maximum absolute atomic E-state index is 13.0. The molecule has 0 spiro atoms. The molecule has 2 aromatic heterocycles. The number of aromatic nitrogens is 5. The molecule has 158 valence electrons. The van der Waals surface area contributed by atoms with Gasteiger partial charge >= 0.3 is 6.18 Å². The van der Waals surface area contributed by atoms with Crippen molar-refractivity contribution in [1.82, 2.24) is 29.9 Å². The number of amides is 1. The molecule has 4 rings (SSSR count). The van der Waals surface area contributed by atoms with Crippen LogP contribution in [-0.4, -0.2) is 48.9 Å². The van der Waals surface area contributed by atoms with Gasteiger partial charge in [0.25, 0.3) is 11.5 Å². The van der Waals surface area contributed by atoms with E-state index < -0.39 is 17.6 Å². The predicted molar refractivity (Wildman–Crippen MR) is 101 cm³/mol. The summed E-state index contributed by atoms with van der Waals surface area (Å²) >= 11 is 0. The average Bonchev–Trinajstić information content (AvgIpc) is 3.10. The maximum atomic E-state index is 13.0. The lowest BCUT2D eigenvalue weighted by atomic mass is 9.97. The van der Waals surface area contributed by atoms with E-state index in [2.05, 4.69) is 20.3 Å². The van der Waals surface area contributed by atoms with Crippen LogP contribution in [-0.2, 0) is 12.7 Å². The lowest BCUT2D eigenvalue weighted by Crippen LogP contribution is -2.41. The molecule has 1 saturated heterocycles. The Morgan fingerprint density at radius 3 is 2.90 bits per heavy atom. The molecule has 30 heavy (non-hydrogen) atoms. The Balaban J connectivity index is 1.52. The van der Waals surface area contributed by atoms with E-state index >= 15 is 0 Å². The highest BCUT2D eigenvalue weighted by molar-refractivity contribution is 5.94. The highest BCUT2D eigenvalue weighted by Gasteiger charge is 2.32. The van der Waals surface area contributed by atoms with Crippen molar-refractivity contribution in [1.29, 1.82) is 0 Å². The minimum Gasteiger partial charge on any atom is -0.338 e. The van der Waals surface area contributed by atoms with Crippen molar-refractivity contribution < 1.29 is 18.0 Å². The Morgan fingerprint density at radius 2 is 2.13 bits per heavy atom. The summed E-state index contributed by atoms with van der Waals surface area (Å²) in [7, 11) is 0. The van der Waals surface area contributed by atoms with Crippen molar-refractivity contribution in [2.75, 3.05) is 13.1 Å². The van der Waals surface area contributed by atoms with Gasteiger partial charge in [0.05, 0.1) is 5.56 Å². The van der Waals surface area contributed by atoms with Gasteiger partial charge in [-0.2, -0.15) is 13.2 Å². The largest absolute Gasteiger partial charge is 0.416 e. The normalized spacial score (nSPS) is 17.5. The van der Waals surface area contributed by atoms with E-state index in [1.54, 1.807) is 16.5 Å². The highest BCUT2D eigenvalue weighted by atomic mass is 19.4. The number of halogens is 3. The second-order valence-electron chi connectivity index (χ2n) is 7.43. The zero-order valence-corrected chi connectivity index (χ0v) is 16.1. The van der Waals surface area contributed by atoms with Gasteiger partial charge in [-0.25, -0.2) is 9.67 Å². The summed E-state index contributed by atoms with van der Waals surface area (Å²) in [5, 5.41) is 7.89. The standard InChI is InChI=1S/C19H19F3N6O2/c1-11-23-16-15(17(29)24-11)25-26-28(16)10-12-4-3-7-27(9-12)18(30)13-5-2-6-14(8-13)19(20,21)22/h2,5-6,8,12H,3-4,7,9-10H2,1H3,(H,23,24,29)/t12-/m0/s1. The highest BCUT2D eigenvalue weighted by Crippen LogP contribution is 2.30. The van der Waals surface area contributed by atoms with Crippen LogP contribution in [0.3, 0.4) is 0 Å². The Kier molecular flexibility index (Phi) is 5.04. The van der Waals surface area contributed by atoms with Crippen molar-refractivity contribution in [2.24, 2.45) is 5.92 Å². The molecule has 1 aliphatic rings. The summed E-state index contributed by atoms with van der Waals surface area (Å²) < 4.78 is 40.4. The Morgan fingerprint density at radius 1 is 1.33 bits per heavy atom. The third-order valence-corrected chi connectivity index (χ3v) is 5.17. The van der Waals surface area contributed by atoms with E-state index in [1.165, 1.54) is 12.1 Å². The van der Waals surface area contributed by atoms with Crippen LogP contribution in [0, 0.1) is 12.8 Å². The quantitative estimate of drug-likeness (QED) is 0.702. The molecule has 1 aromatic carbocycles. The van der Waals surface area contributed by atoms with Gasteiger partial charge in [-0.05, 0) is 43.9 Å². The molecular formula is C19H19F3N6O2. The number of H-pyrrole nitrogens is 1. The second-order valence-corrected chi connectivity index (χ2v) is 7.43. The van der Waals surface area contributed by atoms with Crippen LogP contribution >= 0.6 is 0 Å². The zero-order valence-electron chi connectivity index (χ0n) is 16.1. The number of carbonyl (C=O) groups excluding carboxylic acids is 1. The first-order chi connectivity index (χ1) is 14.2. The van der Waals surface area contributed by atoms with Crippen LogP contribution < -0.4 is 5.56 Å².